The van der Waals surface area contributed by atoms with Gasteiger partial charge in [0.25, 0.3) is 0 Å². The van der Waals surface area contributed by atoms with Gasteiger partial charge in [0.15, 0.2) is 0 Å². The number of amides is 1. The van der Waals surface area contributed by atoms with Crippen molar-refractivity contribution in [1.29, 1.82) is 0 Å². The molecule has 1 amide bonds. The van der Waals surface area contributed by atoms with Gasteiger partial charge in [0.2, 0.25) is 5.91 Å². The molecule has 110 valence electrons. The van der Waals surface area contributed by atoms with Crippen LogP contribution in [0.1, 0.15) is 36.8 Å². The van der Waals surface area contributed by atoms with Crippen LogP contribution in [0, 0.1) is 12.8 Å². The average Bonchev–Trinajstić information content (AvgIpc) is 2.83. The standard InChI is InChI=1S/C16H22ClNO2/c1-11-5-6-12(9-14(11)17)7-8-16(20)18-10-13-3-2-4-15(13)19/h5-6,9,13,15,19H,2-4,7-8,10H2,1H3,(H,18,20). The fourth-order valence-corrected chi connectivity index (χ4v) is 2.84. The first-order valence-electron chi connectivity index (χ1n) is 7.26. The number of rotatable bonds is 5. The number of carbonyl (C=O) groups is 1. The van der Waals surface area contributed by atoms with Gasteiger partial charge >= 0.3 is 0 Å². The molecule has 0 radical (unpaired) electrons. The summed E-state index contributed by atoms with van der Waals surface area (Å²) < 4.78 is 0. The molecule has 20 heavy (non-hydrogen) atoms. The molecule has 4 heteroatoms. The summed E-state index contributed by atoms with van der Waals surface area (Å²) >= 11 is 6.06. The maximum absolute atomic E-state index is 11.8. The van der Waals surface area contributed by atoms with Gasteiger partial charge in [-0.05, 0) is 43.4 Å². The molecule has 2 unspecified atom stereocenters. The van der Waals surface area contributed by atoms with Crippen LogP contribution in [-0.2, 0) is 11.2 Å². The van der Waals surface area contributed by atoms with Crippen molar-refractivity contribution in [1.82, 2.24) is 5.32 Å². The predicted molar refractivity (Wildman–Crippen MR) is 80.9 cm³/mol. The number of hydrogen-bond donors (Lipinski definition) is 2. The van der Waals surface area contributed by atoms with Crippen LogP contribution in [0.15, 0.2) is 18.2 Å². The number of aliphatic hydroxyl groups is 1. The van der Waals surface area contributed by atoms with Crippen LogP contribution in [0.2, 0.25) is 5.02 Å². The third kappa shape index (κ3) is 4.22. The molecule has 3 nitrogen and oxygen atoms in total. The maximum Gasteiger partial charge on any atom is 0.220 e. The largest absolute Gasteiger partial charge is 0.393 e. The minimum absolute atomic E-state index is 0.0424. The fraction of sp³-hybridized carbons (Fsp3) is 0.562. The highest BCUT2D eigenvalue weighted by Gasteiger charge is 2.25. The average molecular weight is 296 g/mol. The SMILES string of the molecule is Cc1ccc(CCC(=O)NCC2CCCC2O)cc1Cl. The number of aliphatic hydroxyl groups excluding tert-OH is 1. The van der Waals surface area contributed by atoms with E-state index >= 15 is 0 Å². The Hall–Kier alpha value is -1.06. The van der Waals surface area contributed by atoms with Gasteiger partial charge < -0.3 is 10.4 Å². The van der Waals surface area contributed by atoms with Crippen molar-refractivity contribution in [3.05, 3.63) is 34.3 Å². The van der Waals surface area contributed by atoms with E-state index in [-0.39, 0.29) is 17.9 Å². The van der Waals surface area contributed by atoms with E-state index in [2.05, 4.69) is 5.32 Å². The van der Waals surface area contributed by atoms with Gasteiger partial charge in [0, 0.05) is 23.9 Å². The molecule has 1 fully saturated rings. The lowest BCUT2D eigenvalue weighted by Gasteiger charge is -2.15. The predicted octanol–water partition coefficient (Wildman–Crippen LogP) is 2.86. The van der Waals surface area contributed by atoms with Crippen LogP contribution in [0.4, 0.5) is 0 Å². The van der Waals surface area contributed by atoms with Gasteiger partial charge in [-0.25, -0.2) is 0 Å². The molecule has 0 aliphatic heterocycles. The summed E-state index contributed by atoms with van der Waals surface area (Å²) in [6.45, 7) is 2.56. The quantitative estimate of drug-likeness (QED) is 0.877. The third-order valence-electron chi connectivity index (χ3n) is 4.06. The van der Waals surface area contributed by atoms with Crippen LogP contribution in [-0.4, -0.2) is 23.7 Å². The lowest BCUT2D eigenvalue weighted by molar-refractivity contribution is -0.121. The molecule has 0 aromatic heterocycles. The van der Waals surface area contributed by atoms with Gasteiger partial charge in [0.05, 0.1) is 6.10 Å². The number of benzene rings is 1. The minimum atomic E-state index is -0.244. The van der Waals surface area contributed by atoms with Crippen LogP contribution in [0.5, 0.6) is 0 Å². The highest BCUT2D eigenvalue weighted by molar-refractivity contribution is 6.31. The first-order valence-corrected chi connectivity index (χ1v) is 7.64. The summed E-state index contributed by atoms with van der Waals surface area (Å²) in [4.78, 5) is 11.8. The zero-order chi connectivity index (χ0) is 14.5. The van der Waals surface area contributed by atoms with E-state index in [0.29, 0.717) is 19.4 Å². The van der Waals surface area contributed by atoms with E-state index in [1.165, 1.54) is 0 Å². The molecule has 0 bridgehead atoms. The van der Waals surface area contributed by atoms with Crippen molar-refractivity contribution in [3.8, 4) is 0 Å². The van der Waals surface area contributed by atoms with Crippen molar-refractivity contribution in [2.45, 2.75) is 45.1 Å². The molecular formula is C16H22ClNO2. The highest BCUT2D eigenvalue weighted by Crippen LogP contribution is 2.24. The summed E-state index contributed by atoms with van der Waals surface area (Å²) in [5.41, 5.74) is 2.13. The van der Waals surface area contributed by atoms with E-state index in [0.717, 1.165) is 35.4 Å². The Bertz CT molecular complexity index is 476. The third-order valence-corrected chi connectivity index (χ3v) is 4.46. The van der Waals surface area contributed by atoms with E-state index in [1.54, 1.807) is 0 Å². The van der Waals surface area contributed by atoms with Crippen LogP contribution in [0.25, 0.3) is 0 Å². The molecule has 0 spiro atoms. The molecule has 2 N–H and O–H groups in total. The summed E-state index contributed by atoms with van der Waals surface area (Å²) in [6.07, 6.45) is 3.84. The number of carbonyl (C=O) groups excluding carboxylic acids is 1. The molecule has 1 aliphatic carbocycles. The molecule has 1 aliphatic rings. The van der Waals surface area contributed by atoms with Crippen LogP contribution in [0.3, 0.4) is 0 Å². The number of nitrogens with one attached hydrogen (secondary N) is 1. The van der Waals surface area contributed by atoms with Crippen molar-refractivity contribution in [2.75, 3.05) is 6.54 Å². The summed E-state index contributed by atoms with van der Waals surface area (Å²) in [6, 6.07) is 5.91. The van der Waals surface area contributed by atoms with E-state index < -0.39 is 0 Å². The monoisotopic (exact) mass is 295 g/mol. The number of aryl methyl sites for hydroxylation is 2. The highest BCUT2D eigenvalue weighted by atomic mass is 35.5. The molecular weight excluding hydrogens is 274 g/mol. The first kappa shape index (κ1) is 15.3. The maximum atomic E-state index is 11.8. The number of halogens is 1. The Labute approximate surface area is 125 Å². The first-order chi connectivity index (χ1) is 9.56. The fourth-order valence-electron chi connectivity index (χ4n) is 2.64. The molecule has 0 saturated heterocycles. The lowest BCUT2D eigenvalue weighted by Crippen LogP contribution is -2.32. The van der Waals surface area contributed by atoms with E-state index in [9.17, 15) is 9.90 Å². The molecule has 2 rings (SSSR count). The second-order valence-electron chi connectivity index (χ2n) is 5.65. The van der Waals surface area contributed by atoms with Gasteiger partial charge in [0.1, 0.15) is 0 Å². The van der Waals surface area contributed by atoms with Gasteiger partial charge in [-0.2, -0.15) is 0 Å². The van der Waals surface area contributed by atoms with Crippen molar-refractivity contribution >= 4 is 17.5 Å². The van der Waals surface area contributed by atoms with Gasteiger partial charge in [-0.15, -0.1) is 0 Å². The Balaban J connectivity index is 1.73. The Morgan fingerprint density at radius 2 is 2.25 bits per heavy atom. The normalized spacial score (nSPS) is 21.9. The molecule has 0 heterocycles. The second kappa shape index (κ2) is 7.09. The van der Waals surface area contributed by atoms with Gasteiger partial charge in [-0.1, -0.05) is 30.2 Å². The van der Waals surface area contributed by atoms with Crippen molar-refractivity contribution < 1.29 is 9.90 Å². The zero-order valence-corrected chi connectivity index (χ0v) is 12.6. The Morgan fingerprint density at radius 3 is 2.90 bits per heavy atom. The topological polar surface area (TPSA) is 49.3 Å². The summed E-state index contributed by atoms with van der Waals surface area (Å²) in [5, 5.41) is 13.4. The van der Waals surface area contributed by atoms with Crippen LogP contribution < -0.4 is 5.32 Å². The van der Waals surface area contributed by atoms with Crippen molar-refractivity contribution in [2.24, 2.45) is 5.92 Å². The van der Waals surface area contributed by atoms with E-state index in [4.69, 9.17) is 11.6 Å². The molecule has 2 atom stereocenters. The van der Waals surface area contributed by atoms with Crippen molar-refractivity contribution in [3.63, 3.8) is 0 Å². The zero-order valence-electron chi connectivity index (χ0n) is 11.9. The molecule has 1 saturated carbocycles. The second-order valence-corrected chi connectivity index (χ2v) is 6.05. The Morgan fingerprint density at radius 1 is 1.45 bits per heavy atom. The van der Waals surface area contributed by atoms with E-state index in [1.807, 2.05) is 25.1 Å². The summed E-state index contributed by atoms with van der Waals surface area (Å²) in [5.74, 6) is 0.272. The van der Waals surface area contributed by atoms with Gasteiger partial charge in [-0.3, -0.25) is 4.79 Å². The summed E-state index contributed by atoms with van der Waals surface area (Å²) in [7, 11) is 0. The molecule has 1 aromatic rings. The minimum Gasteiger partial charge on any atom is -0.393 e. The Kier molecular flexibility index (Phi) is 5.44. The smallest absolute Gasteiger partial charge is 0.220 e. The van der Waals surface area contributed by atoms with Crippen LogP contribution >= 0.6 is 11.6 Å². The molecule has 1 aromatic carbocycles. The number of hydrogen-bond acceptors (Lipinski definition) is 2. The lowest BCUT2D eigenvalue weighted by atomic mass is 10.1.